The number of hydrogen-bond acceptors (Lipinski definition) is 5. The van der Waals surface area contributed by atoms with Crippen molar-refractivity contribution in [2.24, 2.45) is 7.05 Å². The number of aryl methyl sites for hydroxylation is 1. The lowest BCUT2D eigenvalue weighted by Gasteiger charge is -2.27. The lowest BCUT2D eigenvalue weighted by atomic mass is 10.2. The van der Waals surface area contributed by atoms with Crippen LogP contribution in [0.3, 0.4) is 0 Å². The minimum atomic E-state index is -0.471. The van der Waals surface area contributed by atoms with Gasteiger partial charge in [0.05, 0.1) is 18.1 Å². The Morgan fingerprint density at radius 3 is 2.45 bits per heavy atom. The number of carbonyl (C=O) groups is 2. The smallest absolute Gasteiger partial charge is 0.269 e. The molecule has 0 atom stereocenters. The van der Waals surface area contributed by atoms with Crippen LogP contribution in [0.5, 0.6) is 0 Å². The number of hydrogen-bond donors (Lipinski definition) is 0. The lowest BCUT2D eigenvalue weighted by Crippen LogP contribution is -2.43. The molecule has 1 aromatic carbocycles. The lowest BCUT2D eigenvalue weighted by molar-refractivity contribution is -0.384. The largest absolute Gasteiger partial charge is 0.383 e. The van der Waals surface area contributed by atoms with Crippen molar-refractivity contribution in [3.05, 3.63) is 70.0 Å². The van der Waals surface area contributed by atoms with Gasteiger partial charge in [0.2, 0.25) is 11.8 Å². The van der Waals surface area contributed by atoms with E-state index in [1.54, 1.807) is 35.1 Å². The first kappa shape index (κ1) is 25.8. The molecule has 0 aliphatic carbocycles. The second kappa shape index (κ2) is 13.2. The van der Waals surface area contributed by atoms with E-state index in [0.717, 1.165) is 18.5 Å². The number of benzene rings is 1. The maximum Gasteiger partial charge on any atom is 0.269 e. The molecule has 0 spiro atoms. The first-order chi connectivity index (χ1) is 15.8. The molecule has 0 radical (unpaired) electrons. The van der Waals surface area contributed by atoms with Gasteiger partial charge in [-0.3, -0.25) is 19.7 Å². The summed E-state index contributed by atoms with van der Waals surface area (Å²) in [5.41, 5.74) is 1.65. The fourth-order valence-electron chi connectivity index (χ4n) is 3.21. The van der Waals surface area contributed by atoms with E-state index >= 15 is 0 Å². The number of nitro benzene ring substituents is 1. The second-order valence-corrected chi connectivity index (χ2v) is 7.71. The Morgan fingerprint density at radius 1 is 1.15 bits per heavy atom. The van der Waals surface area contributed by atoms with E-state index in [2.05, 4.69) is 0 Å². The Labute approximate surface area is 194 Å². The molecule has 0 aliphatic rings. The number of ether oxygens (including phenoxy) is 1. The van der Waals surface area contributed by atoms with E-state index in [1.165, 1.54) is 18.2 Å². The van der Waals surface area contributed by atoms with Gasteiger partial charge in [-0.2, -0.15) is 0 Å². The van der Waals surface area contributed by atoms with Gasteiger partial charge in [-0.15, -0.1) is 0 Å². The van der Waals surface area contributed by atoms with Gasteiger partial charge in [-0.25, -0.2) is 0 Å². The van der Waals surface area contributed by atoms with Gasteiger partial charge in [-0.05, 0) is 42.3 Å². The van der Waals surface area contributed by atoms with Gasteiger partial charge in [0, 0.05) is 57.3 Å². The van der Waals surface area contributed by atoms with Gasteiger partial charge < -0.3 is 19.1 Å². The highest BCUT2D eigenvalue weighted by Gasteiger charge is 2.20. The number of unbranched alkanes of at least 4 members (excludes halogenated alkanes) is 1. The van der Waals surface area contributed by atoms with E-state index in [0.29, 0.717) is 31.8 Å². The highest BCUT2D eigenvalue weighted by Crippen LogP contribution is 2.13. The highest BCUT2D eigenvalue weighted by atomic mass is 16.6. The Hall–Kier alpha value is -3.46. The zero-order valence-electron chi connectivity index (χ0n) is 19.5. The van der Waals surface area contributed by atoms with Crippen LogP contribution in [-0.2, 0) is 27.9 Å². The molecule has 1 aromatic heterocycles. The molecular weight excluding hydrogens is 424 g/mol. The summed E-state index contributed by atoms with van der Waals surface area (Å²) < 4.78 is 7.12. The molecule has 1 heterocycles. The van der Waals surface area contributed by atoms with E-state index in [4.69, 9.17) is 4.74 Å². The summed E-state index contributed by atoms with van der Waals surface area (Å²) >= 11 is 0. The van der Waals surface area contributed by atoms with E-state index in [1.807, 2.05) is 36.9 Å². The van der Waals surface area contributed by atoms with Crippen LogP contribution in [0.15, 0.2) is 48.7 Å². The number of methoxy groups -OCH3 is 1. The Balaban J connectivity index is 2.10. The molecule has 2 aromatic rings. The fraction of sp³-hybridized carbons (Fsp3) is 0.417. The number of nitrogens with zero attached hydrogens (tertiary/aromatic N) is 4. The maximum absolute atomic E-state index is 13.1. The van der Waals surface area contributed by atoms with Crippen LogP contribution in [0.1, 0.15) is 31.0 Å². The number of aromatic nitrogens is 1. The van der Waals surface area contributed by atoms with E-state index in [-0.39, 0.29) is 24.0 Å². The van der Waals surface area contributed by atoms with Crippen LogP contribution < -0.4 is 0 Å². The molecule has 0 saturated heterocycles. The SMILES string of the molecule is CCCCN(CC(=O)N(CCOC)Cc1cccn1C)C(=O)C=Cc1ccc([N+](=O)[O-])cc1. The van der Waals surface area contributed by atoms with E-state index < -0.39 is 4.92 Å². The molecule has 33 heavy (non-hydrogen) atoms. The predicted octanol–water partition coefficient (Wildman–Crippen LogP) is 3.25. The van der Waals surface area contributed by atoms with Gasteiger partial charge in [0.1, 0.15) is 6.54 Å². The molecule has 0 fully saturated rings. The topological polar surface area (TPSA) is 97.9 Å². The van der Waals surface area contributed by atoms with Crippen LogP contribution in [0.25, 0.3) is 6.08 Å². The van der Waals surface area contributed by atoms with Crippen molar-refractivity contribution in [3.63, 3.8) is 0 Å². The van der Waals surface area contributed by atoms with Crippen molar-refractivity contribution in [1.82, 2.24) is 14.4 Å². The van der Waals surface area contributed by atoms with Crippen LogP contribution in [-0.4, -0.2) is 64.5 Å². The number of non-ortho nitro benzene ring substituents is 1. The third-order valence-corrected chi connectivity index (χ3v) is 5.26. The fourth-order valence-corrected chi connectivity index (χ4v) is 3.21. The summed E-state index contributed by atoms with van der Waals surface area (Å²) in [5.74, 6) is -0.429. The maximum atomic E-state index is 13.1. The van der Waals surface area contributed by atoms with Gasteiger partial charge in [-0.1, -0.05) is 13.3 Å². The Bertz CT molecular complexity index is 952. The Kier molecular flexibility index (Phi) is 10.3. The molecule has 0 N–H and O–H groups in total. The van der Waals surface area contributed by atoms with Crippen molar-refractivity contribution in [3.8, 4) is 0 Å². The Morgan fingerprint density at radius 2 is 1.88 bits per heavy atom. The van der Waals surface area contributed by atoms with Crippen LogP contribution >= 0.6 is 0 Å². The third kappa shape index (κ3) is 8.19. The molecule has 9 nitrogen and oxygen atoms in total. The summed E-state index contributed by atoms with van der Waals surface area (Å²) in [5, 5.41) is 10.8. The molecule has 0 bridgehead atoms. The van der Waals surface area contributed by atoms with E-state index in [9.17, 15) is 19.7 Å². The van der Waals surface area contributed by atoms with Crippen molar-refractivity contribution in [1.29, 1.82) is 0 Å². The second-order valence-electron chi connectivity index (χ2n) is 7.71. The van der Waals surface area contributed by atoms with Crippen LogP contribution in [0.4, 0.5) is 5.69 Å². The minimum absolute atomic E-state index is 0.0111. The molecule has 0 saturated carbocycles. The summed E-state index contributed by atoms with van der Waals surface area (Å²) in [6.07, 6.45) is 6.60. The highest BCUT2D eigenvalue weighted by molar-refractivity contribution is 5.94. The number of rotatable bonds is 13. The molecule has 0 unspecified atom stereocenters. The molecule has 2 amide bonds. The molecule has 2 rings (SSSR count). The average molecular weight is 457 g/mol. The van der Waals surface area contributed by atoms with Crippen LogP contribution in [0.2, 0.25) is 0 Å². The molecule has 178 valence electrons. The molecule has 9 heteroatoms. The third-order valence-electron chi connectivity index (χ3n) is 5.26. The first-order valence-electron chi connectivity index (χ1n) is 10.9. The summed E-state index contributed by atoms with van der Waals surface area (Å²) in [6.45, 7) is 3.72. The number of carbonyl (C=O) groups excluding carboxylic acids is 2. The zero-order valence-corrected chi connectivity index (χ0v) is 19.5. The van der Waals surface area contributed by atoms with Gasteiger partial charge >= 0.3 is 0 Å². The standard InChI is InChI=1S/C24H32N4O5/c1-4-5-15-26(23(29)13-10-20-8-11-21(12-9-20)28(31)32)19-24(30)27(16-17-33-3)18-22-7-6-14-25(22)2/h6-14H,4-5,15-19H2,1-3H3. The van der Waals surface area contributed by atoms with Crippen molar-refractivity contribution in [2.45, 2.75) is 26.3 Å². The van der Waals surface area contributed by atoms with Gasteiger partial charge in [0.25, 0.3) is 5.69 Å². The van der Waals surface area contributed by atoms with Crippen LogP contribution in [0, 0.1) is 10.1 Å². The van der Waals surface area contributed by atoms with Crippen molar-refractivity contribution >= 4 is 23.6 Å². The predicted molar refractivity (Wildman–Crippen MR) is 126 cm³/mol. The van der Waals surface area contributed by atoms with Crippen molar-refractivity contribution in [2.75, 3.05) is 33.4 Å². The molecular formula is C24H32N4O5. The minimum Gasteiger partial charge on any atom is -0.383 e. The quantitative estimate of drug-likeness (QED) is 0.262. The average Bonchev–Trinajstić information content (AvgIpc) is 3.21. The summed E-state index contributed by atoms with van der Waals surface area (Å²) in [6, 6.07) is 9.82. The number of amides is 2. The van der Waals surface area contributed by atoms with Gasteiger partial charge in [0.15, 0.2) is 0 Å². The normalized spacial score (nSPS) is 11.0. The molecule has 0 aliphatic heterocycles. The summed E-state index contributed by atoms with van der Waals surface area (Å²) in [4.78, 5) is 39.6. The number of nitro groups is 1. The first-order valence-corrected chi connectivity index (χ1v) is 10.9. The van der Waals surface area contributed by atoms with Crippen molar-refractivity contribution < 1.29 is 19.2 Å². The zero-order chi connectivity index (χ0) is 24.2. The monoisotopic (exact) mass is 456 g/mol. The summed E-state index contributed by atoms with van der Waals surface area (Å²) in [7, 11) is 3.51.